The number of carbonyl (C=O) groups is 4. The van der Waals surface area contributed by atoms with E-state index in [2.05, 4.69) is 22.5 Å². The highest BCUT2D eigenvalue weighted by Crippen LogP contribution is 2.33. The number of nitro benzene ring substituents is 1. The van der Waals surface area contributed by atoms with E-state index in [9.17, 15) is 29.3 Å². The maximum Gasteiger partial charge on any atom is 0.337 e. The first-order valence-corrected chi connectivity index (χ1v) is 18.6. The van der Waals surface area contributed by atoms with Gasteiger partial charge in [-0.3, -0.25) is 29.5 Å². The van der Waals surface area contributed by atoms with Gasteiger partial charge in [-0.05, 0) is 62.6 Å². The number of nitro groups is 1. The minimum atomic E-state index is -0.820. The Hall–Kier alpha value is -4.04. The van der Waals surface area contributed by atoms with Crippen molar-refractivity contribution in [1.82, 2.24) is 25.3 Å². The van der Waals surface area contributed by atoms with Gasteiger partial charge in [0.1, 0.15) is 6.04 Å². The van der Waals surface area contributed by atoms with Crippen LogP contribution in [0.15, 0.2) is 35.5 Å². The van der Waals surface area contributed by atoms with E-state index in [1.54, 1.807) is 6.92 Å². The normalized spacial score (nSPS) is 19.3. The molecule has 4 rings (SSSR count). The molecule has 1 aromatic rings. The van der Waals surface area contributed by atoms with Crippen molar-refractivity contribution in [3.63, 3.8) is 0 Å². The molecule has 0 bridgehead atoms. The number of nitrogens with zero attached hydrogens (tertiary/aromatic N) is 4. The molecule has 3 aliphatic rings. The Morgan fingerprint density at radius 3 is 2.41 bits per heavy atom. The summed E-state index contributed by atoms with van der Waals surface area (Å²) >= 11 is 0. The number of rotatable bonds is 18. The van der Waals surface area contributed by atoms with Gasteiger partial charge < -0.3 is 25.0 Å². The van der Waals surface area contributed by atoms with Crippen LogP contribution in [0.4, 0.5) is 10.5 Å². The number of esters is 1. The minimum Gasteiger partial charge on any atom is -0.466 e. The topological polar surface area (TPSA) is 164 Å². The van der Waals surface area contributed by atoms with E-state index in [0.29, 0.717) is 76.3 Å². The van der Waals surface area contributed by atoms with Crippen molar-refractivity contribution in [1.29, 1.82) is 0 Å². The van der Waals surface area contributed by atoms with Crippen LogP contribution in [0.25, 0.3) is 0 Å². The molecule has 14 nitrogen and oxygen atoms in total. The van der Waals surface area contributed by atoms with E-state index in [1.165, 1.54) is 36.3 Å². The van der Waals surface area contributed by atoms with Crippen LogP contribution in [0.1, 0.15) is 96.1 Å². The summed E-state index contributed by atoms with van der Waals surface area (Å²) in [6.07, 6.45) is 9.19. The number of hydrogen-bond acceptors (Lipinski definition) is 9. The van der Waals surface area contributed by atoms with E-state index in [1.807, 2.05) is 4.90 Å². The van der Waals surface area contributed by atoms with Gasteiger partial charge in [-0.2, -0.15) is 0 Å². The molecule has 1 aliphatic carbocycles. The summed E-state index contributed by atoms with van der Waals surface area (Å²) < 4.78 is 10.6. The number of nitrogens with one attached hydrogen (secondary N) is 2. The number of urea groups is 1. The van der Waals surface area contributed by atoms with Gasteiger partial charge in [0.2, 0.25) is 11.8 Å². The number of benzene rings is 1. The molecule has 2 heterocycles. The van der Waals surface area contributed by atoms with E-state index in [4.69, 9.17) is 9.47 Å². The Balaban J connectivity index is 1.41. The van der Waals surface area contributed by atoms with Crippen molar-refractivity contribution < 1.29 is 33.6 Å². The lowest BCUT2D eigenvalue weighted by molar-refractivity contribution is -0.384. The highest BCUT2D eigenvalue weighted by molar-refractivity contribution is 5.95. The summed E-state index contributed by atoms with van der Waals surface area (Å²) in [6.45, 7) is 8.85. The van der Waals surface area contributed by atoms with Gasteiger partial charge in [-0.25, -0.2) is 9.59 Å². The summed E-state index contributed by atoms with van der Waals surface area (Å²) in [6, 6.07) is 4.01. The first kappa shape index (κ1) is 39.7. The number of methoxy groups -OCH3 is 1. The SMILES string of the molecule is CCCCNC(=O)C(C1CCCCC1)N(CCN1CCOCC1)C(=O)CCCCCN1C(=O)NC(c2ccc([N+](=O)[O-])cc2)C(C(=O)OC)=C1C. The summed E-state index contributed by atoms with van der Waals surface area (Å²) in [5, 5.41) is 17.1. The summed E-state index contributed by atoms with van der Waals surface area (Å²) in [4.78, 5) is 70.2. The van der Waals surface area contributed by atoms with Crippen LogP contribution in [0.2, 0.25) is 0 Å². The van der Waals surface area contributed by atoms with Gasteiger partial charge in [0.15, 0.2) is 0 Å². The van der Waals surface area contributed by atoms with Crippen molar-refractivity contribution in [2.75, 3.05) is 59.6 Å². The number of hydrogen-bond donors (Lipinski definition) is 2. The zero-order chi connectivity index (χ0) is 36.8. The number of non-ortho nitro benzene ring substituents is 1. The Morgan fingerprint density at radius 1 is 1.06 bits per heavy atom. The molecule has 282 valence electrons. The minimum absolute atomic E-state index is 0.0183. The van der Waals surface area contributed by atoms with Gasteiger partial charge >= 0.3 is 12.0 Å². The summed E-state index contributed by atoms with van der Waals surface area (Å²) in [7, 11) is 1.27. The van der Waals surface area contributed by atoms with Gasteiger partial charge in [0, 0.05) is 63.5 Å². The average molecular weight is 713 g/mol. The molecule has 2 aliphatic heterocycles. The maximum absolute atomic E-state index is 14.0. The van der Waals surface area contributed by atoms with Crippen LogP contribution < -0.4 is 10.6 Å². The third kappa shape index (κ3) is 11.0. The Kier molecular flexibility index (Phi) is 15.7. The lowest BCUT2D eigenvalue weighted by Crippen LogP contribution is -2.56. The van der Waals surface area contributed by atoms with E-state index >= 15 is 0 Å². The molecule has 2 atom stereocenters. The second-order valence-corrected chi connectivity index (χ2v) is 13.7. The fourth-order valence-electron chi connectivity index (χ4n) is 7.38. The Labute approximate surface area is 301 Å². The van der Waals surface area contributed by atoms with Crippen molar-refractivity contribution in [2.24, 2.45) is 5.92 Å². The highest BCUT2D eigenvalue weighted by atomic mass is 16.6. The molecule has 1 saturated carbocycles. The monoisotopic (exact) mass is 712 g/mol. The standard InChI is InChI=1S/C37H56N6O8/c1-4-5-19-38-35(45)34(29-12-8-6-9-13-29)42(22-21-40-23-25-51-26-24-40)31(44)14-10-7-11-20-41-27(2)32(36(46)50-3)33(39-37(41)47)28-15-17-30(18-16-28)43(48)49/h15-18,29,33-34H,4-14,19-26H2,1-3H3,(H,38,45)(H,39,47). The second kappa shape index (κ2) is 20.1. The largest absolute Gasteiger partial charge is 0.466 e. The Bertz CT molecular complexity index is 1370. The molecule has 2 N–H and O–H groups in total. The quantitative estimate of drug-likeness (QED) is 0.0951. The third-order valence-corrected chi connectivity index (χ3v) is 10.3. The number of ether oxygens (including phenoxy) is 2. The fourth-order valence-corrected chi connectivity index (χ4v) is 7.38. The predicted molar refractivity (Wildman–Crippen MR) is 192 cm³/mol. The lowest BCUT2D eigenvalue weighted by Gasteiger charge is -2.39. The molecule has 51 heavy (non-hydrogen) atoms. The van der Waals surface area contributed by atoms with Gasteiger partial charge in [-0.1, -0.05) is 39.0 Å². The molecule has 2 unspecified atom stereocenters. The molecule has 0 aromatic heterocycles. The number of unbranched alkanes of at least 4 members (excludes halogenated alkanes) is 3. The predicted octanol–water partition coefficient (Wildman–Crippen LogP) is 4.69. The lowest BCUT2D eigenvalue weighted by atomic mass is 9.82. The average Bonchev–Trinajstić information content (AvgIpc) is 3.14. The van der Waals surface area contributed by atoms with E-state index < -0.39 is 29.0 Å². The van der Waals surface area contributed by atoms with Crippen LogP contribution in [0.5, 0.6) is 0 Å². The number of allylic oxidation sites excluding steroid dienone is 1. The molecule has 1 aromatic carbocycles. The van der Waals surface area contributed by atoms with Crippen LogP contribution in [0, 0.1) is 16.0 Å². The van der Waals surface area contributed by atoms with Crippen molar-refractivity contribution in [2.45, 2.75) is 96.6 Å². The fraction of sp³-hybridized carbons (Fsp3) is 0.676. The van der Waals surface area contributed by atoms with Crippen LogP contribution in [0.3, 0.4) is 0 Å². The van der Waals surface area contributed by atoms with Crippen molar-refractivity contribution in [3.8, 4) is 0 Å². The number of carbonyl (C=O) groups excluding carboxylic acids is 4. The van der Waals surface area contributed by atoms with Gasteiger partial charge in [-0.15, -0.1) is 0 Å². The highest BCUT2D eigenvalue weighted by Gasteiger charge is 2.38. The smallest absolute Gasteiger partial charge is 0.337 e. The molecule has 1 saturated heterocycles. The third-order valence-electron chi connectivity index (χ3n) is 10.3. The molecular formula is C37H56N6O8. The maximum atomic E-state index is 14.0. The first-order chi connectivity index (χ1) is 24.7. The second-order valence-electron chi connectivity index (χ2n) is 13.7. The van der Waals surface area contributed by atoms with Crippen LogP contribution >= 0.6 is 0 Å². The zero-order valence-electron chi connectivity index (χ0n) is 30.5. The molecule has 2 fully saturated rings. The summed E-state index contributed by atoms with van der Waals surface area (Å²) in [5.74, 6) is -0.525. The number of amides is 4. The van der Waals surface area contributed by atoms with Crippen molar-refractivity contribution in [3.05, 3.63) is 51.2 Å². The molecule has 0 spiro atoms. The summed E-state index contributed by atoms with van der Waals surface area (Å²) in [5.41, 5.74) is 1.13. The molecule has 4 amide bonds. The van der Waals surface area contributed by atoms with E-state index in [-0.39, 0.29) is 29.0 Å². The van der Waals surface area contributed by atoms with Crippen LogP contribution in [-0.4, -0.2) is 109 Å². The van der Waals surface area contributed by atoms with Crippen LogP contribution in [-0.2, 0) is 23.9 Å². The van der Waals surface area contributed by atoms with Gasteiger partial charge in [0.25, 0.3) is 5.69 Å². The number of morpholine rings is 1. The molecule has 0 radical (unpaired) electrons. The molecule has 14 heteroatoms. The first-order valence-electron chi connectivity index (χ1n) is 18.6. The molecular weight excluding hydrogens is 656 g/mol. The van der Waals surface area contributed by atoms with Crippen molar-refractivity contribution >= 4 is 29.5 Å². The van der Waals surface area contributed by atoms with Gasteiger partial charge in [0.05, 0.1) is 36.9 Å². The zero-order valence-corrected chi connectivity index (χ0v) is 30.5. The van der Waals surface area contributed by atoms with E-state index in [0.717, 1.165) is 58.0 Å². The Morgan fingerprint density at radius 2 is 1.76 bits per heavy atom.